The van der Waals surface area contributed by atoms with Crippen LogP contribution in [0.4, 0.5) is 18.9 Å². The molecule has 0 spiro atoms. The summed E-state index contributed by atoms with van der Waals surface area (Å²) in [6.07, 6.45) is -4.72. The van der Waals surface area contributed by atoms with Crippen molar-refractivity contribution in [3.05, 3.63) is 71.0 Å². The molecule has 7 nitrogen and oxygen atoms in total. The first-order valence-corrected chi connectivity index (χ1v) is 9.96. The van der Waals surface area contributed by atoms with Crippen LogP contribution in [0.1, 0.15) is 27.3 Å². The number of alkyl halides is 3. The van der Waals surface area contributed by atoms with Crippen molar-refractivity contribution in [2.45, 2.75) is 20.0 Å². The summed E-state index contributed by atoms with van der Waals surface area (Å²) in [5, 5.41) is 6.60. The van der Waals surface area contributed by atoms with Crippen LogP contribution in [0.15, 0.2) is 48.5 Å². The zero-order valence-corrected chi connectivity index (χ0v) is 17.5. The van der Waals surface area contributed by atoms with E-state index in [4.69, 9.17) is 9.47 Å². The van der Waals surface area contributed by atoms with Gasteiger partial charge in [0.15, 0.2) is 28.5 Å². The summed E-state index contributed by atoms with van der Waals surface area (Å²) in [6, 6.07) is 12.3. The zero-order valence-electron chi connectivity index (χ0n) is 17.5. The fraction of sp³-hybridized carbons (Fsp3) is 0.174. The molecular formula is C23H17F3N4O3. The smallest absolute Gasteiger partial charge is 0.433 e. The Balaban J connectivity index is 1.58. The van der Waals surface area contributed by atoms with Gasteiger partial charge >= 0.3 is 6.18 Å². The van der Waals surface area contributed by atoms with E-state index < -0.39 is 17.8 Å². The fourth-order valence-electron chi connectivity index (χ4n) is 3.56. The van der Waals surface area contributed by atoms with Gasteiger partial charge in [-0.1, -0.05) is 12.1 Å². The second-order valence-electron chi connectivity index (χ2n) is 7.59. The highest BCUT2D eigenvalue weighted by molar-refractivity contribution is 6.04. The number of nitrogens with one attached hydrogen (secondary N) is 1. The maximum atomic E-state index is 13.9. The normalized spacial score (nSPS) is 12.9. The molecule has 33 heavy (non-hydrogen) atoms. The molecular weight excluding hydrogens is 437 g/mol. The summed E-state index contributed by atoms with van der Waals surface area (Å²) in [5.74, 6) is 0.294. The molecule has 1 amide bonds. The maximum absolute atomic E-state index is 13.9. The SMILES string of the molecule is Cc1cccc(NC(=O)c2cc3nc(-c4ccc5c(c4)OCO5)cc(C(F)(F)F)n3n2)c1C. The Morgan fingerprint density at radius 3 is 2.64 bits per heavy atom. The van der Waals surface area contributed by atoms with Crippen molar-refractivity contribution in [3.63, 3.8) is 0 Å². The van der Waals surface area contributed by atoms with Gasteiger partial charge in [0.25, 0.3) is 5.91 Å². The molecule has 1 aliphatic rings. The summed E-state index contributed by atoms with van der Waals surface area (Å²) in [4.78, 5) is 17.1. The Morgan fingerprint density at radius 2 is 1.85 bits per heavy atom. The lowest BCUT2D eigenvalue weighted by atomic mass is 10.1. The van der Waals surface area contributed by atoms with Gasteiger partial charge in [0, 0.05) is 17.3 Å². The molecule has 2 aromatic carbocycles. The lowest BCUT2D eigenvalue weighted by Crippen LogP contribution is -2.16. The Hall–Kier alpha value is -4.08. The van der Waals surface area contributed by atoms with Crippen molar-refractivity contribution in [1.29, 1.82) is 0 Å². The second-order valence-corrected chi connectivity index (χ2v) is 7.59. The molecule has 1 N–H and O–H groups in total. The lowest BCUT2D eigenvalue weighted by Gasteiger charge is -2.11. The third-order valence-electron chi connectivity index (χ3n) is 5.47. The fourth-order valence-corrected chi connectivity index (χ4v) is 3.56. The van der Waals surface area contributed by atoms with E-state index in [2.05, 4.69) is 15.4 Å². The molecule has 168 valence electrons. The number of carbonyl (C=O) groups excluding carboxylic acids is 1. The number of hydrogen-bond acceptors (Lipinski definition) is 5. The number of halogens is 3. The largest absolute Gasteiger partial charge is 0.454 e. The average Bonchev–Trinajstić information content (AvgIpc) is 3.41. The van der Waals surface area contributed by atoms with E-state index in [1.165, 1.54) is 6.07 Å². The van der Waals surface area contributed by atoms with Crippen LogP contribution >= 0.6 is 0 Å². The van der Waals surface area contributed by atoms with E-state index >= 15 is 0 Å². The number of fused-ring (bicyclic) bond motifs is 2. The molecule has 3 heterocycles. The Morgan fingerprint density at radius 1 is 1.06 bits per heavy atom. The molecule has 5 rings (SSSR count). The van der Waals surface area contributed by atoms with Gasteiger partial charge in [-0.3, -0.25) is 4.79 Å². The molecule has 0 radical (unpaired) electrons. The van der Waals surface area contributed by atoms with Gasteiger partial charge in [0.2, 0.25) is 6.79 Å². The van der Waals surface area contributed by atoms with Crippen molar-refractivity contribution < 1.29 is 27.4 Å². The highest BCUT2D eigenvalue weighted by atomic mass is 19.4. The number of amides is 1. The molecule has 1 aliphatic heterocycles. The van der Waals surface area contributed by atoms with Crippen molar-refractivity contribution in [2.75, 3.05) is 12.1 Å². The van der Waals surface area contributed by atoms with E-state index in [0.29, 0.717) is 27.3 Å². The van der Waals surface area contributed by atoms with Gasteiger partial charge in [-0.15, -0.1) is 0 Å². The Kier molecular flexibility index (Phi) is 4.73. The van der Waals surface area contributed by atoms with Crippen molar-refractivity contribution in [1.82, 2.24) is 14.6 Å². The minimum Gasteiger partial charge on any atom is -0.454 e. The summed E-state index contributed by atoms with van der Waals surface area (Å²) >= 11 is 0. The van der Waals surface area contributed by atoms with Gasteiger partial charge in [-0.2, -0.15) is 18.3 Å². The molecule has 0 saturated heterocycles. The van der Waals surface area contributed by atoms with E-state index in [9.17, 15) is 18.0 Å². The zero-order chi connectivity index (χ0) is 23.3. The third-order valence-corrected chi connectivity index (χ3v) is 5.47. The van der Waals surface area contributed by atoms with Crippen molar-refractivity contribution in [3.8, 4) is 22.8 Å². The number of ether oxygens (including phenoxy) is 2. The molecule has 2 aromatic heterocycles. The summed E-state index contributed by atoms with van der Waals surface area (Å²) < 4.78 is 52.8. The van der Waals surface area contributed by atoms with Crippen LogP contribution < -0.4 is 14.8 Å². The predicted molar refractivity (Wildman–Crippen MR) is 113 cm³/mol. The highest BCUT2D eigenvalue weighted by Gasteiger charge is 2.36. The number of anilines is 1. The minimum atomic E-state index is -4.72. The van der Waals surface area contributed by atoms with Crippen LogP contribution in [0, 0.1) is 13.8 Å². The van der Waals surface area contributed by atoms with E-state index in [1.807, 2.05) is 19.9 Å². The number of rotatable bonds is 3. The van der Waals surface area contributed by atoms with Gasteiger partial charge in [0.05, 0.1) is 5.69 Å². The number of aromatic nitrogens is 3. The predicted octanol–water partition coefficient (Wildman–Crippen LogP) is 5.01. The molecule has 0 atom stereocenters. The molecule has 0 unspecified atom stereocenters. The van der Waals surface area contributed by atoms with E-state index in [-0.39, 0.29) is 23.8 Å². The van der Waals surface area contributed by atoms with E-state index in [0.717, 1.165) is 17.2 Å². The average molecular weight is 454 g/mol. The number of carbonyl (C=O) groups is 1. The molecule has 0 aliphatic carbocycles. The lowest BCUT2D eigenvalue weighted by molar-refractivity contribution is -0.142. The molecule has 4 aromatic rings. The molecule has 0 bridgehead atoms. The van der Waals surface area contributed by atoms with Crippen molar-refractivity contribution in [2.24, 2.45) is 0 Å². The number of hydrogen-bond donors (Lipinski definition) is 1. The number of aryl methyl sites for hydroxylation is 1. The first kappa shape index (κ1) is 20.8. The summed E-state index contributed by atoms with van der Waals surface area (Å²) in [5.41, 5.74) is 1.52. The first-order chi connectivity index (χ1) is 15.7. The monoisotopic (exact) mass is 454 g/mol. The highest BCUT2D eigenvalue weighted by Crippen LogP contribution is 2.37. The standard InChI is InChI=1S/C23H17F3N4O3/c1-12-4-3-5-15(13(12)2)28-22(31)17-10-21-27-16(9-20(23(24,25)26)30(21)29-17)14-6-7-18-19(8-14)33-11-32-18/h3-10H,11H2,1-2H3,(H,28,31). The first-order valence-electron chi connectivity index (χ1n) is 9.96. The second kappa shape index (κ2) is 7.51. The van der Waals surface area contributed by atoms with Gasteiger partial charge < -0.3 is 14.8 Å². The van der Waals surface area contributed by atoms with Crippen molar-refractivity contribution >= 4 is 17.2 Å². The van der Waals surface area contributed by atoms with Gasteiger partial charge in [-0.25, -0.2) is 9.50 Å². The molecule has 0 fully saturated rings. The molecule has 0 saturated carbocycles. The molecule has 10 heteroatoms. The van der Waals surface area contributed by atoms with E-state index in [1.54, 1.807) is 30.3 Å². The van der Waals surface area contributed by atoms with Crippen LogP contribution in [-0.4, -0.2) is 27.3 Å². The van der Waals surface area contributed by atoms with Crippen LogP contribution in [0.5, 0.6) is 11.5 Å². The quantitative estimate of drug-likeness (QED) is 0.471. The third kappa shape index (κ3) is 3.73. The van der Waals surface area contributed by atoms with Gasteiger partial charge in [0.1, 0.15) is 0 Å². The summed E-state index contributed by atoms with van der Waals surface area (Å²) in [7, 11) is 0. The maximum Gasteiger partial charge on any atom is 0.433 e. The number of benzene rings is 2. The van der Waals surface area contributed by atoms with Crippen LogP contribution in [0.2, 0.25) is 0 Å². The van der Waals surface area contributed by atoms with Crippen LogP contribution in [0.25, 0.3) is 16.9 Å². The topological polar surface area (TPSA) is 77.8 Å². The number of nitrogens with zero attached hydrogens (tertiary/aromatic N) is 3. The summed E-state index contributed by atoms with van der Waals surface area (Å²) in [6.45, 7) is 3.78. The van der Waals surface area contributed by atoms with Crippen LogP contribution in [0.3, 0.4) is 0 Å². The Bertz CT molecular complexity index is 1410. The van der Waals surface area contributed by atoms with Gasteiger partial charge in [-0.05, 0) is 55.3 Å². The Labute approximate surface area is 185 Å². The minimum absolute atomic E-state index is 0.0422. The van der Waals surface area contributed by atoms with Crippen LogP contribution in [-0.2, 0) is 6.18 Å².